The second-order valence-corrected chi connectivity index (χ2v) is 6.02. The summed E-state index contributed by atoms with van der Waals surface area (Å²) in [6.45, 7) is 9.52. The molecule has 1 aliphatic rings. The van der Waals surface area contributed by atoms with Crippen molar-refractivity contribution in [2.75, 3.05) is 13.1 Å². The van der Waals surface area contributed by atoms with Crippen molar-refractivity contribution >= 4 is 0 Å². The molecule has 1 aliphatic heterocycles. The van der Waals surface area contributed by atoms with Crippen LogP contribution in [0.3, 0.4) is 0 Å². The molecule has 1 fully saturated rings. The number of rotatable bonds is 4. The molecule has 2 heterocycles. The van der Waals surface area contributed by atoms with Crippen LogP contribution in [-0.4, -0.2) is 35.1 Å². The average molecular weight is 265 g/mol. The predicted octanol–water partition coefficient (Wildman–Crippen LogP) is 2.43. The number of halogens is 1. The maximum absolute atomic E-state index is 13.2. The van der Waals surface area contributed by atoms with Crippen molar-refractivity contribution < 1.29 is 4.39 Å². The van der Waals surface area contributed by atoms with E-state index in [1.54, 1.807) is 12.3 Å². The highest BCUT2D eigenvalue weighted by molar-refractivity contribution is 5.10. The zero-order valence-corrected chi connectivity index (χ0v) is 12.1. The summed E-state index contributed by atoms with van der Waals surface area (Å²) in [6, 6.07) is 2.60. The van der Waals surface area contributed by atoms with E-state index in [2.05, 4.69) is 36.0 Å². The number of piperazine rings is 1. The molecule has 0 saturated carbocycles. The van der Waals surface area contributed by atoms with Gasteiger partial charge in [-0.15, -0.1) is 0 Å². The molecule has 0 radical (unpaired) electrons. The Labute approximate surface area is 115 Å². The maximum Gasteiger partial charge on any atom is 0.141 e. The Morgan fingerprint density at radius 3 is 2.95 bits per heavy atom. The predicted molar refractivity (Wildman–Crippen MR) is 75.3 cm³/mol. The fourth-order valence-electron chi connectivity index (χ4n) is 2.72. The normalized spacial score (nSPS) is 24.9. The van der Waals surface area contributed by atoms with Crippen LogP contribution in [0.25, 0.3) is 0 Å². The maximum atomic E-state index is 13.2. The average Bonchev–Trinajstić information content (AvgIpc) is 2.33. The molecule has 2 unspecified atom stereocenters. The lowest BCUT2D eigenvalue weighted by Crippen LogP contribution is -2.55. The molecule has 2 atom stereocenters. The van der Waals surface area contributed by atoms with Crippen molar-refractivity contribution in [1.29, 1.82) is 0 Å². The van der Waals surface area contributed by atoms with Crippen molar-refractivity contribution in [2.24, 2.45) is 5.92 Å². The van der Waals surface area contributed by atoms with Gasteiger partial charge >= 0.3 is 0 Å². The number of hydrogen-bond donors (Lipinski definition) is 1. The molecule has 1 aromatic rings. The zero-order valence-electron chi connectivity index (χ0n) is 12.1. The van der Waals surface area contributed by atoms with E-state index in [9.17, 15) is 4.39 Å². The van der Waals surface area contributed by atoms with E-state index in [0.717, 1.165) is 25.2 Å². The van der Waals surface area contributed by atoms with Crippen molar-refractivity contribution in [2.45, 2.75) is 45.8 Å². The first-order chi connectivity index (χ1) is 9.04. The van der Waals surface area contributed by atoms with Crippen LogP contribution in [0.5, 0.6) is 0 Å². The van der Waals surface area contributed by atoms with Crippen molar-refractivity contribution in [3.05, 3.63) is 29.8 Å². The molecule has 19 heavy (non-hydrogen) atoms. The lowest BCUT2D eigenvalue weighted by molar-refractivity contribution is 0.124. The van der Waals surface area contributed by atoms with Crippen LogP contribution in [0, 0.1) is 11.7 Å². The van der Waals surface area contributed by atoms with Gasteiger partial charge in [0.2, 0.25) is 0 Å². The summed E-state index contributed by atoms with van der Waals surface area (Å²) in [5.74, 6) is 0.447. The lowest BCUT2D eigenvalue weighted by Gasteiger charge is -2.39. The smallest absolute Gasteiger partial charge is 0.141 e. The van der Waals surface area contributed by atoms with Gasteiger partial charge in [-0.3, -0.25) is 9.88 Å². The third-order valence-electron chi connectivity index (χ3n) is 3.68. The first-order valence-electron chi connectivity index (χ1n) is 7.11. The van der Waals surface area contributed by atoms with E-state index in [-0.39, 0.29) is 5.82 Å². The molecule has 0 amide bonds. The largest absolute Gasteiger partial charge is 0.311 e. The zero-order chi connectivity index (χ0) is 13.8. The van der Waals surface area contributed by atoms with Crippen LogP contribution in [0.15, 0.2) is 18.5 Å². The van der Waals surface area contributed by atoms with Gasteiger partial charge in [0.05, 0.1) is 6.20 Å². The SMILES string of the molecule is CC(C)CC1CN(Cc2cncc(F)c2)C(C)CN1. The standard InChI is InChI=1S/C15H24FN3/c1-11(2)4-15-10-19(12(3)6-18-15)9-13-5-14(16)8-17-7-13/h5,7-8,11-12,15,18H,4,6,9-10H2,1-3H3. The molecular weight excluding hydrogens is 241 g/mol. The van der Waals surface area contributed by atoms with Crippen LogP contribution in [0.2, 0.25) is 0 Å². The molecule has 0 aromatic carbocycles. The summed E-state index contributed by atoms with van der Waals surface area (Å²) in [6.07, 6.45) is 4.20. The highest BCUT2D eigenvalue weighted by atomic mass is 19.1. The van der Waals surface area contributed by atoms with Gasteiger partial charge in [0.1, 0.15) is 5.82 Å². The third kappa shape index (κ3) is 4.25. The van der Waals surface area contributed by atoms with Crippen molar-refractivity contribution in [3.8, 4) is 0 Å². The first-order valence-corrected chi connectivity index (χ1v) is 7.11. The number of hydrogen-bond acceptors (Lipinski definition) is 3. The summed E-state index contributed by atoms with van der Waals surface area (Å²) >= 11 is 0. The Morgan fingerprint density at radius 2 is 2.26 bits per heavy atom. The highest BCUT2D eigenvalue weighted by Crippen LogP contribution is 2.16. The molecule has 0 aliphatic carbocycles. The number of pyridine rings is 1. The molecule has 106 valence electrons. The molecule has 1 N–H and O–H groups in total. The molecule has 1 aromatic heterocycles. The van der Waals surface area contributed by atoms with E-state index in [1.165, 1.54) is 12.6 Å². The minimum Gasteiger partial charge on any atom is -0.311 e. The van der Waals surface area contributed by atoms with Gasteiger partial charge in [0, 0.05) is 37.9 Å². The van der Waals surface area contributed by atoms with E-state index in [1.807, 2.05) is 0 Å². The van der Waals surface area contributed by atoms with Crippen LogP contribution in [0.1, 0.15) is 32.8 Å². The lowest BCUT2D eigenvalue weighted by atomic mass is 10.00. The third-order valence-corrected chi connectivity index (χ3v) is 3.68. The highest BCUT2D eigenvalue weighted by Gasteiger charge is 2.25. The van der Waals surface area contributed by atoms with Crippen LogP contribution < -0.4 is 5.32 Å². The van der Waals surface area contributed by atoms with Gasteiger partial charge in [0.25, 0.3) is 0 Å². The Bertz CT molecular complexity index is 408. The Morgan fingerprint density at radius 1 is 1.47 bits per heavy atom. The van der Waals surface area contributed by atoms with Crippen molar-refractivity contribution in [3.63, 3.8) is 0 Å². The summed E-state index contributed by atoms with van der Waals surface area (Å²) < 4.78 is 13.2. The fourth-order valence-corrected chi connectivity index (χ4v) is 2.72. The minimum atomic E-state index is -0.251. The second-order valence-electron chi connectivity index (χ2n) is 6.02. The van der Waals surface area contributed by atoms with Crippen LogP contribution >= 0.6 is 0 Å². The Kier molecular flexibility index (Phi) is 4.88. The van der Waals surface area contributed by atoms with Crippen molar-refractivity contribution in [1.82, 2.24) is 15.2 Å². The first kappa shape index (κ1) is 14.4. The molecule has 0 spiro atoms. The van der Waals surface area contributed by atoms with E-state index in [0.29, 0.717) is 18.0 Å². The minimum absolute atomic E-state index is 0.251. The van der Waals surface area contributed by atoms with Gasteiger partial charge in [0.15, 0.2) is 0 Å². The molecule has 4 heteroatoms. The Balaban J connectivity index is 1.97. The van der Waals surface area contributed by atoms with Gasteiger partial charge in [-0.05, 0) is 30.9 Å². The Hall–Kier alpha value is -1.00. The second kappa shape index (κ2) is 6.44. The van der Waals surface area contributed by atoms with E-state index in [4.69, 9.17) is 0 Å². The summed E-state index contributed by atoms with van der Waals surface area (Å²) in [4.78, 5) is 6.34. The molecule has 1 saturated heterocycles. The molecule has 0 bridgehead atoms. The van der Waals surface area contributed by atoms with Gasteiger partial charge in [-0.25, -0.2) is 4.39 Å². The summed E-state index contributed by atoms with van der Waals surface area (Å²) in [5, 5.41) is 3.60. The van der Waals surface area contributed by atoms with Crippen LogP contribution in [0.4, 0.5) is 4.39 Å². The summed E-state index contributed by atoms with van der Waals surface area (Å²) in [7, 11) is 0. The van der Waals surface area contributed by atoms with Crippen LogP contribution in [-0.2, 0) is 6.54 Å². The quantitative estimate of drug-likeness (QED) is 0.906. The topological polar surface area (TPSA) is 28.2 Å². The number of nitrogens with zero attached hydrogens (tertiary/aromatic N) is 2. The van der Waals surface area contributed by atoms with Gasteiger partial charge in [-0.2, -0.15) is 0 Å². The summed E-state index contributed by atoms with van der Waals surface area (Å²) in [5.41, 5.74) is 0.956. The molecule has 2 rings (SSSR count). The molecular formula is C15H24FN3. The van der Waals surface area contributed by atoms with Gasteiger partial charge < -0.3 is 5.32 Å². The molecule has 3 nitrogen and oxygen atoms in total. The number of aromatic nitrogens is 1. The number of nitrogens with one attached hydrogen (secondary N) is 1. The van der Waals surface area contributed by atoms with E-state index < -0.39 is 0 Å². The fraction of sp³-hybridized carbons (Fsp3) is 0.667. The van der Waals surface area contributed by atoms with E-state index >= 15 is 0 Å². The van der Waals surface area contributed by atoms with Gasteiger partial charge in [-0.1, -0.05) is 13.8 Å². The monoisotopic (exact) mass is 265 g/mol.